The number of carbonyl (C=O) groups is 1. The van der Waals surface area contributed by atoms with E-state index in [1.165, 1.54) is 0 Å². The highest BCUT2D eigenvalue weighted by molar-refractivity contribution is 6.11. The number of anilines is 1. The van der Waals surface area contributed by atoms with Crippen LogP contribution in [0, 0.1) is 0 Å². The topological polar surface area (TPSA) is 72.0 Å². The number of carbonyl (C=O) groups excluding carboxylic acids is 1. The molecule has 0 radical (unpaired) electrons. The largest absolute Gasteiger partial charge is 0.497 e. The van der Waals surface area contributed by atoms with E-state index in [9.17, 15) is 4.79 Å². The Morgan fingerprint density at radius 3 is 2.82 bits per heavy atom. The van der Waals surface area contributed by atoms with Gasteiger partial charge >= 0.3 is 5.97 Å². The summed E-state index contributed by atoms with van der Waals surface area (Å²) in [4.78, 5) is 16.1. The third-order valence-corrected chi connectivity index (χ3v) is 3.14. The van der Waals surface area contributed by atoms with Crippen LogP contribution in [-0.2, 0) is 9.53 Å². The molecular formula is C16H19N3O3. The Bertz CT molecular complexity index is 662. The van der Waals surface area contributed by atoms with Gasteiger partial charge in [-0.1, -0.05) is 12.6 Å². The molecule has 6 heteroatoms. The molecule has 1 aromatic carbocycles. The SMILES string of the molecule is C=C1N=C(NNc2cccc(OC)c2)C(C)=C1C(=O)OCC. The quantitative estimate of drug-likeness (QED) is 0.645. The van der Waals surface area contributed by atoms with Crippen LogP contribution >= 0.6 is 0 Å². The lowest BCUT2D eigenvalue weighted by Crippen LogP contribution is -2.29. The van der Waals surface area contributed by atoms with E-state index in [4.69, 9.17) is 9.47 Å². The molecule has 6 nitrogen and oxygen atoms in total. The minimum atomic E-state index is -0.410. The minimum Gasteiger partial charge on any atom is -0.497 e. The molecule has 0 spiro atoms. The van der Waals surface area contributed by atoms with Gasteiger partial charge in [-0.15, -0.1) is 0 Å². The molecule has 0 saturated heterocycles. The van der Waals surface area contributed by atoms with Crippen molar-refractivity contribution in [2.75, 3.05) is 19.1 Å². The van der Waals surface area contributed by atoms with Gasteiger partial charge in [0.15, 0.2) is 0 Å². The van der Waals surface area contributed by atoms with Gasteiger partial charge < -0.3 is 9.47 Å². The molecule has 0 unspecified atom stereocenters. The van der Waals surface area contributed by atoms with Gasteiger partial charge in [0.05, 0.1) is 30.7 Å². The smallest absolute Gasteiger partial charge is 0.340 e. The number of benzene rings is 1. The monoisotopic (exact) mass is 301 g/mol. The van der Waals surface area contributed by atoms with Gasteiger partial charge in [0.25, 0.3) is 0 Å². The predicted molar refractivity (Wildman–Crippen MR) is 85.7 cm³/mol. The average Bonchev–Trinajstić information content (AvgIpc) is 2.80. The van der Waals surface area contributed by atoms with Gasteiger partial charge in [0.1, 0.15) is 11.6 Å². The molecule has 2 N–H and O–H groups in total. The van der Waals surface area contributed by atoms with Crippen LogP contribution in [0.15, 0.2) is 52.7 Å². The van der Waals surface area contributed by atoms with Crippen LogP contribution in [0.2, 0.25) is 0 Å². The van der Waals surface area contributed by atoms with Crippen LogP contribution in [0.1, 0.15) is 13.8 Å². The van der Waals surface area contributed by atoms with E-state index in [1.807, 2.05) is 24.3 Å². The molecule has 22 heavy (non-hydrogen) atoms. The molecule has 0 fully saturated rings. The molecule has 2 rings (SSSR count). The number of methoxy groups -OCH3 is 1. The summed E-state index contributed by atoms with van der Waals surface area (Å²) in [6.45, 7) is 7.66. The standard InChI is InChI=1S/C16H19N3O3/c1-5-22-16(20)14-10(2)15(17-11(14)3)19-18-12-7-6-8-13(9-12)21-4/h6-9,18H,3,5H2,1-2,4H3,(H,17,19). The molecule has 1 aliphatic heterocycles. The average molecular weight is 301 g/mol. The lowest BCUT2D eigenvalue weighted by atomic mass is 10.1. The number of amidine groups is 1. The number of hydrogen-bond donors (Lipinski definition) is 2. The lowest BCUT2D eigenvalue weighted by Gasteiger charge is -2.11. The first-order valence-corrected chi connectivity index (χ1v) is 6.89. The maximum Gasteiger partial charge on any atom is 0.340 e. The van der Waals surface area contributed by atoms with Crippen molar-refractivity contribution in [1.29, 1.82) is 0 Å². The first kappa shape index (κ1) is 15.6. The lowest BCUT2D eigenvalue weighted by molar-refractivity contribution is -0.138. The zero-order valence-corrected chi connectivity index (χ0v) is 12.9. The molecular weight excluding hydrogens is 282 g/mol. The van der Waals surface area contributed by atoms with Gasteiger partial charge in [-0.05, 0) is 26.0 Å². The first-order chi connectivity index (χ1) is 10.6. The number of hydrogen-bond acceptors (Lipinski definition) is 6. The second kappa shape index (κ2) is 6.80. The Morgan fingerprint density at radius 2 is 2.14 bits per heavy atom. The highest BCUT2D eigenvalue weighted by Crippen LogP contribution is 2.24. The molecule has 1 aromatic rings. The van der Waals surface area contributed by atoms with E-state index < -0.39 is 5.97 Å². The third-order valence-electron chi connectivity index (χ3n) is 3.14. The predicted octanol–water partition coefficient (Wildman–Crippen LogP) is 2.42. The number of ether oxygens (including phenoxy) is 2. The summed E-state index contributed by atoms with van der Waals surface area (Å²) in [6.07, 6.45) is 0. The third kappa shape index (κ3) is 3.28. The summed E-state index contributed by atoms with van der Waals surface area (Å²) >= 11 is 0. The second-order valence-electron chi connectivity index (χ2n) is 4.61. The number of rotatable bonds is 5. The fraction of sp³-hybridized carbons (Fsp3) is 0.250. The number of aliphatic imine (C=N–C) groups is 1. The van der Waals surface area contributed by atoms with E-state index in [-0.39, 0.29) is 0 Å². The molecule has 0 aromatic heterocycles. The minimum absolute atomic E-state index is 0.313. The summed E-state index contributed by atoms with van der Waals surface area (Å²) < 4.78 is 10.2. The Kier molecular flexibility index (Phi) is 4.83. The van der Waals surface area contributed by atoms with Gasteiger partial charge in [-0.25, -0.2) is 9.79 Å². The van der Waals surface area contributed by atoms with Crippen molar-refractivity contribution in [1.82, 2.24) is 5.43 Å². The van der Waals surface area contributed by atoms with Crippen molar-refractivity contribution in [3.8, 4) is 5.75 Å². The van der Waals surface area contributed by atoms with Crippen molar-refractivity contribution in [2.24, 2.45) is 4.99 Å². The Morgan fingerprint density at radius 1 is 1.36 bits per heavy atom. The number of hydrazine groups is 1. The number of esters is 1. The summed E-state index contributed by atoms with van der Waals surface area (Å²) in [5.41, 5.74) is 8.29. The fourth-order valence-electron chi connectivity index (χ4n) is 2.04. The summed E-state index contributed by atoms with van der Waals surface area (Å²) in [6, 6.07) is 7.43. The van der Waals surface area contributed by atoms with Gasteiger partial charge in [-0.2, -0.15) is 0 Å². The zero-order chi connectivity index (χ0) is 16.1. The van der Waals surface area contributed by atoms with Crippen LogP contribution in [0.25, 0.3) is 0 Å². The van der Waals surface area contributed by atoms with Crippen molar-refractivity contribution >= 4 is 17.5 Å². The molecule has 1 heterocycles. The van der Waals surface area contributed by atoms with Gasteiger partial charge in [-0.3, -0.25) is 10.9 Å². The molecule has 0 amide bonds. The van der Waals surface area contributed by atoms with Crippen LogP contribution in [-0.4, -0.2) is 25.5 Å². The molecule has 116 valence electrons. The first-order valence-electron chi connectivity index (χ1n) is 6.89. The van der Waals surface area contributed by atoms with Crippen LogP contribution in [0.4, 0.5) is 5.69 Å². The Hall–Kier alpha value is -2.76. The summed E-state index contributed by atoms with van der Waals surface area (Å²) in [7, 11) is 1.61. The zero-order valence-electron chi connectivity index (χ0n) is 12.9. The van der Waals surface area contributed by atoms with Crippen molar-refractivity contribution in [3.05, 3.63) is 47.7 Å². The maximum atomic E-state index is 11.9. The number of nitrogens with one attached hydrogen (secondary N) is 2. The van der Waals surface area contributed by atoms with E-state index in [0.717, 1.165) is 11.4 Å². The highest BCUT2D eigenvalue weighted by atomic mass is 16.5. The van der Waals surface area contributed by atoms with Crippen molar-refractivity contribution in [2.45, 2.75) is 13.8 Å². The fourth-order valence-corrected chi connectivity index (χ4v) is 2.04. The molecule has 1 aliphatic rings. The van der Waals surface area contributed by atoms with E-state index in [1.54, 1.807) is 21.0 Å². The Labute approximate surface area is 129 Å². The molecule has 0 saturated carbocycles. The maximum absolute atomic E-state index is 11.9. The highest BCUT2D eigenvalue weighted by Gasteiger charge is 2.26. The normalized spacial score (nSPS) is 13.8. The number of nitrogens with zero attached hydrogens (tertiary/aromatic N) is 1. The summed E-state index contributed by atoms with van der Waals surface area (Å²) in [5, 5.41) is 0. The molecule has 0 aliphatic carbocycles. The van der Waals surface area contributed by atoms with Crippen molar-refractivity contribution < 1.29 is 14.3 Å². The molecule has 0 atom stereocenters. The second-order valence-corrected chi connectivity index (χ2v) is 4.61. The van der Waals surface area contributed by atoms with Crippen molar-refractivity contribution in [3.63, 3.8) is 0 Å². The van der Waals surface area contributed by atoms with E-state index >= 15 is 0 Å². The van der Waals surface area contributed by atoms with Crippen LogP contribution < -0.4 is 15.6 Å². The Balaban J connectivity index is 2.08. The van der Waals surface area contributed by atoms with Crippen LogP contribution in [0.5, 0.6) is 5.75 Å². The molecule has 0 bridgehead atoms. The van der Waals surface area contributed by atoms with Gasteiger partial charge in [0, 0.05) is 11.6 Å². The summed E-state index contributed by atoms with van der Waals surface area (Å²) in [5.74, 6) is 0.867. The van der Waals surface area contributed by atoms with Gasteiger partial charge in [0.2, 0.25) is 0 Å². The van der Waals surface area contributed by atoms with E-state index in [0.29, 0.717) is 29.3 Å². The van der Waals surface area contributed by atoms with Crippen LogP contribution in [0.3, 0.4) is 0 Å². The van der Waals surface area contributed by atoms with E-state index in [2.05, 4.69) is 22.4 Å².